The van der Waals surface area contributed by atoms with Crippen LogP contribution in [0.5, 0.6) is 0 Å². The number of nitrogens with one attached hydrogen (secondary N) is 1. The van der Waals surface area contributed by atoms with E-state index in [1.165, 1.54) is 0 Å². The second kappa shape index (κ2) is 3.64. The van der Waals surface area contributed by atoms with Crippen molar-refractivity contribution in [1.82, 2.24) is 19.7 Å². The molecule has 1 N–H and O–H groups in total. The smallest absolute Gasteiger partial charge is 0.223 e. The van der Waals surface area contributed by atoms with Gasteiger partial charge in [0.1, 0.15) is 11.4 Å². The Bertz CT molecular complexity index is 479. The molecule has 0 spiro atoms. The molecule has 0 aromatic carbocycles. The van der Waals surface area contributed by atoms with E-state index in [1.54, 1.807) is 31.0 Å². The first-order chi connectivity index (χ1) is 7.20. The van der Waals surface area contributed by atoms with Gasteiger partial charge in [0.05, 0.1) is 6.20 Å². The monoisotopic (exact) mass is 207 g/mol. The standard InChI is InChI=1S/C9H10FN5/c1-11-9-12-5-6(10)8(13-9)7-3-4-15(2)14-7/h3-5H,1-2H3,(H,11,12,13). The quantitative estimate of drug-likeness (QED) is 0.800. The first-order valence-electron chi connectivity index (χ1n) is 4.41. The van der Waals surface area contributed by atoms with Gasteiger partial charge in [-0.2, -0.15) is 5.10 Å². The maximum Gasteiger partial charge on any atom is 0.223 e. The molecule has 2 heterocycles. The largest absolute Gasteiger partial charge is 0.357 e. The van der Waals surface area contributed by atoms with E-state index in [9.17, 15) is 4.39 Å². The van der Waals surface area contributed by atoms with Crippen LogP contribution in [0.4, 0.5) is 10.3 Å². The van der Waals surface area contributed by atoms with E-state index in [0.717, 1.165) is 6.20 Å². The summed E-state index contributed by atoms with van der Waals surface area (Å²) in [5, 5.41) is 6.82. The third-order valence-electron chi connectivity index (χ3n) is 1.92. The van der Waals surface area contributed by atoms with E-state index in [2.05, 4.69) is 20.4 Å². The van der Waals surface area contributed by atoms with E-state index in [4.69, 9.17) is 0 Å². The second-order valence-corrected chi connectivity index (χ2v) is 3.01. The van der Waals surface area contributed by atoms with Gasteiger partial charge in [-0.1, -0.05) is 0 Å². The molecule has 0 saturated heterocycles. The van der Waals surface area contributed by atoms with Gasteiger partial charge in [0.2, 0.25) is 5.95 Å². The lowest BCUT2D eigenvalue weighted by Crippen LogP contribution is -2.00. The minimum atomic E-state index is -0.479. The van der Waals surface area contributed by atoms with Crippen LogP contribution >= 0.6 is 0 Å². The normalized spacial score (nSPS) is 10.3. The fraction of sp³-hybridized carbons (Fsp3) is 0.222. The summed E-state index contributed by atoms with van der Waals surface area (Å²) < 4.78 is 15.0. The average Bonchev–Trinajstić information content (AvgIpc) is 2.65. The first-order valence-corrected chi connectivity index (χ1v) is 4.41. The van der Waals surface area contributed by atoms with Crippen LogP contribution < -0.4 is 5.32 Å². The zero-order valence-electron chi connectivity index (χ0n) is 8.40. The minimum absolute atomic E-state index is 0.204. The van der Waals surface area contributed by atoms with Crippen LogP contribution in [0.15, 0.2) is 18.5 Å². The van der Waals surface area contributed by atoms with Crippen molar-refractivity contribution < 1.29 is 4.39 Å². The maximum atomic E-state index is 13.4. The predicted molar refractivity (Wildman–Crippen MR) is 53.7 cm³/mol. The summed E-state index contributed by atoms with van der Waals surface area (Å²) in [5.74, 6) is -0.107. The molecule has 0 atom stereocenters. The van der Waals surface area contributed by atoms with Crippen molar-refractivity contribution in [2.45, 2.75) is 0 Å². The van der Waals surface area contributed by atoms with Crippen molar-refractivity contribution in [3.05, 3.63) is 24.3 Å². The Balaban J connectivity index is 2.51. The number of nitrogens with zero attached hydrogens (tertiary/aromatic N) is 4. The van der Waals surface area contributed by atoms with Crippen LogP contribution in [0.1, 0.15) is 0 Å². The van der Waals surface area contributed by atoms with E-state index >= 15 is 0 Å². The molecule has 0 aliphatic carbocycles. The van der Waals surface area contributed by atoms with Crippen molar-refractivity contribution in [2.75, 3.05) is 12.4 Å². The van der Waals surface area contributed by atoms with Gasteiger partial charge in [-0.05, 0) is 6.07 Å². The number of aryl methyl sites for hydroxylation is 1. The number of aromatic nitrogens is 4. The molecular formula is C9H10FN5. The van der Waals surface area contributed by atoms with Gasteiger partial charge in [-0.15, -0.1) is 0 Å². The molecule has 15 heavy (non-hydrogen) atoms. The molecule has 0 bridgehead atoms. The number of rotatable bonds is 2. The van der Waals surface area contributed by atoms with Gasteiger partial charge in [0, 0.05) is 20.3 Å². The van der Waals surface area contributed by atoms with Crippen LogP contribution in [-0.2, 0) is 7.05 Å². The molecule has 2 rings (SSSR count). The fourth-order valence-corrected chi connectivity index (χ4v) is 1.21. The van der Waals surface area contributed by atoms with Crippen molar-refractivity contribution in [3.8, 4) is 11.4 Å². The summed E-state index contributed by atoms with van der Waals surface area (Å²) in [6, 6.07) is 1.70. The van der Waals surface area contributed by atoms with Gasteiger partial charge < -0.3 is 5.32 Å². The molecular weight excluding hydrogens is 197 g/mol. The molecule has 0 fully saturated rings. The Kier molecular flexibility index (Phi) is 2.32. The zero-order valence-corrected chi connectivity index (χ0v) is 8.40. The number of halogens is 1. The summed E-state index contributed by atoms with van der Waals surface area (Å²) >= 11 is 0. The zero-order chi connectivity index (χ0) is 10.8. The van der Waals surface area contributed by atoms with Crippen molar-refractivity contribution in [3.63, 3.8) is 0 Å². The molecule has 2 aromatic heterocycles. The third-order valence-corrected chi connectivity index (χ3v) is 1.92. The Morgan fingerprint density at radius 2 is 2.27 bits per heavy atom. The highest BCUT2D eigenvalue weighted by molar-refractivity contribution is 5.55. The van der Waals surface area contributed by atoms with Crippen LogP contribution in [0.2, 0.25) is 0 Å². The highest BCUT2D eigenvalue weighted by atomic mass is 19.1. The number of hydrogen-bond donors (Lipinski definition) is 1. The van der Waals surface area contributed by atoms with Gasteiger partial charge in [-0.25, -0.2) is 14.4 Å². The molecule has 78 valence electrons. The molecule has 0 amide bonds. The minimum Gasteiger partial charge on any atom is -0.357 e. The summed E-state index contributed by atoms with van der Waals surface area (Å²) in [7, 11) is 3.44. The summed E-state index contributed by atoms with van der Waals surface area (Å²) in [4.78, 5) is 7.76. The number of hydrogen-bond acceptors (Lipinski definition) is 4. The molecule has 0 unspecified atom stereocenters. The Morgan fingerprint density at radius 1 is 1.47 bits per heavy atom. The summed E-state index contributed by atoms with van der Waals surface area (Å²) in [6.07, 6.45) is 2.86. The van der Waals surface area contributed by atoms with Crippen molar-refractivity contribution >= 4 is 5.95 Å². The fourth-order valence-electron chi connectivity index (χ4n) is 1.21. The second-order valence-electron chi connectivity index (χ2n) is 3.01. The molecule has 0 radical (unpaired) electrons. The lowest BCUT2D eigenvalue weighted by Gasteiger charge is -2.01. The Labute approximate surface area is 86.0 Å². The Hall–Kier alpha value is -1.98. The lowest BCUT2D eigenvalue weighted by molar-refractivity contribution is 0.617. The van der Waals surface area contributed by atoms with Gasteiger partial charge in [0.25, 0.3) is 0 Å². The molecule has 0 aliphatic heterocycles. The van der Waals surface area contributed by atoms with Crippen molar-refractivity contribution in [2.24, 2.45) is 7.05 Å². The van der Waals surface area contributed by atoms with Gasteiger partial charge >= 0.3 is 0 Å². The number of anilines is 1. The lowest BCUT2D eigenvalue weighted by atomic mass is 10.3. The van der Waals surface area contributed by atoms with Crippen LogP contribution in [0.25, 0.3) is 11.4 Å². The highest BCUT2D eigenvalue weighted by Gasteiger charge is 2.10. The van der Waals surface area contributed by atoms with Crippen LogP contribution in [0, 0.1) is 5.82 Å². The van der Waals surface area contributed by atoms with Crippen LogP contribution in [0.3, 0.4) is 0 Å². The molecule has 6 heteroatoms. The third kappa shape index (κ3) is 1.78. The van der Waals surface area contributed by atoms with Gasteiger partial charge in [-0.3, -0.25) is 4.68 Å². The average molecular weight is 207 g/mol. The van der Waals surface area contributed by atoms with Crippen LogP contribution in [-0.4, -0.2) is 26.8 Å². The Morgan fingerprint density at radius 3 is 2.87 bits per heavy atom. The SMILES string of the molecule is CNc1ncc(F)c(-c2ccn(C)n2)n1. The molecule has 0 aliphatic rings. The van der Waals surface area contributed by atoms with E-state index in [-0.39, 0.29) is 5.69 Å². The molecule has 2 aromatic rings. The summed E-state index contributed by atoms with van der Waals surface area (Å²) in [5.41, 5.74) is 0.698. The van der Waals surface area contributed by atoms with E-state index in [0.29, 0.717) is 11.6 Å². The highest BCUT2D eigenvalue weighted by Crippen LogP contribution is 2.18. The van der Waals surface area contributed by atoms with E-state index < -0.39 is 5.82 Å². The van der Waals surface area contributed by atoms with E-state index in [1.807, 2.05) is 0 Å². The molecule has 0 saturated carbocycles. The summed E-state index contributed by atoms with van der Waals surface area (Å²) in [6.45, 7) is 0. The van der Waals surface area contributed by atoms with Gasteiger partial charge in [0.15, 0.2) is 5.82 Å². The first kappa shape index (κ1) is 9.57. The topological polar surface area (TPSA) is 55.6 Å². The predicted octanol–water partition coefficient (Wildman–Crippen LogP) is 1.06. The molecule has 5 nitrogen and oxygen atoms in total. The van der Waals surface area contributed by atoms with Crippen molar-refractivity contribution in [1.29, 1.82) is 0 Å². The maximum absolute atomic E-state index is 13.4.